The summed E-state index contributed by atoms with van der Waals surface area (Å²) in [7, 11) is -4.14. The van der Waals surface area contributed by atoms with Crippen LogP contribution < -0.4 is 4.18 Å². The Bertz CT molecular complexity index is 1800. The van der Waals surface area contributed by atoms with Gasteiger partial charge in [-0.3, -0.25) is 9.69 Å². The van der Waals surface area contributed by atoms with Crippen molar-refractivity contribution in [1.82, 2.24) is 9.47 Å². The minimum Gasteiger partial charge on any atom is -0.379 e. The molecular weight excluding hydrogens is 524 g/mol. The van der Waals surface area contributed by atoms with Crippen LogP contribution in [0, 0.1) is 6.92 Å². The van der Waals surface area contributed by atoms with Gasteiger partial charge in [0.25, 0.3) is 0 Å². The van der Waals surface area contributed by atoms with Gasteiger partial charge in [-0.05, 0) is 35.9 Å². The van der Waals surface area contributed by atoms with Gasteiger partial charge in [0.2, 0.25) is 0 Å². The number of ketones is 1. The maximum Gasteiger partial charge on any atom is 0.339 e. The minimum absolute atomic E-state index is 0.0603. The molecule has 0 radical (unpaired) electrons. The van der Waals surface area contributed by atoms with E-state index < -0.39 is 10.1 Å². The first kappa shape index (κ1) is 26.3. The van der Waals surface area contributed by atoms with E-state index >= 15 is 0 Å². The van der Waals surface area contributed by atoms with Crippen LogP contribution in [-0.2, 0) is 21.4 Å². The zero-order valence-corrected chi connectivity index (χ0v) is 23.1. The lowest BCUT2D eigenvalue weighted by Crippen LogP contribution is -2.38. The van der Waals surface area contributed by atoms with Gasteiger partial charge in [-0.25, -0.2) is 0 Å². The van der Waals surface area contributed by atoms with Crippen LogP contribution in [0.2, 0.25) is 0 Å². The predicted molar refractivity (Wildman–Crippen MR) is 156 cm³/mol. The molecule has 0 saturated carbocycles. The highest BCUT2D eigenvalue weighted by atomic mass is 32.2. The van der Waals surface area contributed by atoms with E-state index in [9.17, 15) is 13.2 Å². The Morgan fingerprint density at radius 1 is 0.850 bits per heavy atom. The van der Waals surface area contributed by atoms with Gasteiger partial charge in [0.05, 0.1) is 24.1 Å². The smallest absolute Gasteiger partial charge is 0.339 e. The number of hydrogen-bond donors (Lipinski definition) is 0. The highest BCUT2D eigenvalue weighted by molar-refractivity contribution is 7.87. The second-order valence-electron chi connectivity index (χ2n) is 10.0. The van der Waals surface area contributed by atoms with Gasteiger partial charge in [-0.1, -0.05) is 72.3 Å². The maximum atomic E-state index is 14.1. The van der Waals surface area contributed by atoms with Crippen molar-refractivity contribution in [2.24, 2.45) is 0 Å². The molecule has 204 valence electrons. The number of morpholine rings is 1. The Kier molecular flexibility index (Phi) is 7.14. The molecule has 40 heavy (non-hydrogen) atoms. The molecule has 0 bridgehead atoms. The maximum absolute atomic E-state index is 14.1. The number of fused-ring (bicyclic) bond motifs is 2. The molecule has 0 atom stereocenters. The lowest BCUT2D eigenvalue weighted by Gasteiger charge is -2.26. The molecule has 1 aliphatic heterocycles. The summed E-state index contributed by atoms with van der Waals surface area (Å²) in [6.45, 7) is 6.34. The quantitative estimate of drug-likeness (QED) is 0.188. The summed E-state index contributed by atoms with van der Waals surface area (Å²) in [5.41, 5.74) is 2.64. The summed E-state index contributed by atoms with van der Waals surface area (Å²) in [5, 5.41) is 2.29. The standard InChI is InChI=1S/C32H30N2O5S/c1-23-12-14-25(15-13-23)40(36,37)39-30-22-34(17-16-33-18-20-38-21-19-33)29-11-5-10-28(31(29)30)32(35)27-9-4-7-24-6-2-3-8-26(24)27/h2-15,22H,16-21H2,1H3. The lowest BCUT2D eigenvalue weighted by molar-refractivity contribution is 0.0365. The summed E-state index contributed by atoms with van der Waals surface area (Å²) in [5.74, 6) is -0.0485. The molecule has 8 heteroatoms. The van der Waals surface area contributed by atoms with E-state index in [1.54, 1.807) is 24.4 Å². The second kappa shape index (κ2) is 10.9. The number of hydrogen-bond acceptors (Lipinski definition) is 6. The number of rotatable bonds is 8. The van der Waals surface area contributed by atoms with Crippen molar-refractivity contribution in [2.75, 3.05) is 32.8 Å². The number of carbonyl (C=O) groups excluding carboxylic acids is 1. The number of benzene rings is 4. The van der Waals surface area contributed by atoms with Gasteiger partial charge in [0, 0.05) is 43.5 Å². The Labute approximate surface area is 233 Å². The number of aromatic nitrogens is 1. The van der Waals surface area contributed by atoms with Crippen molar-refractivity contribution in [3.8, 4) is 5.75 Å². The van der Waals surface area contributed by atoms with E-state index in [1.165, 1.54) is 12.1 Å². The Hall–Kier alpha value is -3.98. The average molecular weight is 555 g/mol. The molecule has 5 aromatic rings. The van der Waals surface area contributed by atoms with Gasteiger partial charge < -0.3 is 13.5 Å². The molecule has 4 aromatic carbocycles. The van der Waals surface area contributed by atoms with E-state index in [0.717, 1.165) is 41.5 Å². The number of ether oxygens (including phenoxy) is 1. The van der Waals surface area contributed by atoms with Crippen LogP contribution in [0.3, 0.4) is 0 Å². The fourth-order valence-corrected chi connectivity index (χ4v) is 6.19. The molecule has 0 aliphatic carbocycles. The fourth-order valence-electron chi connectivity index (χ4n) is 5.27. The van der Waals surface area contributed by atoms with Crippen LogP contribution in [0.15, 0.2) is 96.0 Å². The summed E-state index contributed by atoms with van der Waals surface area (Å²) in [6, 6.07) is 25.4. The Morgan fingerprint density at radius 3 is 2.35 bits per heavy atom. The average Bonchev–Trinajstić information content (AvgIpc) is 3.33. The third-order valence-corrected chi connectivity index (χ3v) is 8.67. The topological polar surface area (TPSA) is 77.8 Å². The molecule has 6 rings (SSSR count). The number of nitrogens with zero attached hydrogens (tertiary/aromatic N) is 2. The van der Waals surface area contributed by atoms with Crippen LogP contribution in [0.5, 0.6) is 5.75 Å². The SMILES string of the molecule is Cc1ccc(S(=O)(=O)Oc2cn(CCN3CCOCC3)c3cccc(C(=O)c4cccc5ccccc45)c23)cc1. The van der Waals surface area contributed by atoms with Crippen LogP contribution in [0.1, 0.15) is 21.5 Å². The highest BCUT2D eigenvalue weighted by Gasteiger charge is 2.25. The minimum atomic E-state index is -4.14. The first-order valence-electron chi connectivity index (χ1n) is 13.4. The summed E-state index contributed by atoms with van der Waals surface area (Å²) < 4.78 is 40.0. The molecular formula is C32H30N2O5S. The Balaban J connectivity index is 1.46. The zero-order valence-electron chi connectivity index (χ0n) is 22.2. The van der Waals surface area contributed by atoms with Gasteiger partial charge in [-0.15, -0.1) is 0 Å². The molecule has 1 aliphatic rings. The van der Waals surface area contributed by atoms with Gasteiger partial charge in [0.1, 0.15) is 4.90 Å². The van der Waals surface area contributed by atoms with E-state index in [2.05, 4.69) is 4.90 Å². The molecule has 0 spiro atoms. The molecule has 0 unspecified atom stereocenters. The van der Waals surface area contributed by atoms with Crippen molar-refractivity contribution in [1.29, 1.82) is 0 Å². The highest BCUT2D eigenvalue weighted by Crippen LogP contribution is 2.35. The summed E-state index contributed by atoms with van der Waals surface area (Å²) >= 11 is 0. The van der Waals surface area contributed by atoms with Gasteiger partial charge >= 0.3 is 10.1 Å². The number of carbonyl (C=O) groups is 1. The monoisotopic (exact) mass is 554 g/mol. The number of aryl methyl sites for hydroxylation is 1. The van der Waals surface area contributed by atoms with Gasteiger partial charge in [0.15, 0.2) is 11.5 Å². The molecule has 7 nitrogen and oxygen atoms in total. The van der Waals surface area contributed by atoms with Crippen LogP contribution >= 0.6 is 0 Å². The van der Waals surface area contributed by atoms with E-state index in [0.29, 0.717) is 36.3 Å². The van der Waals surface area contributed by atoms with Crippen molar-refractivity contribution < 1.29 is 22.1 Å². The first-order valence-corrected chi connectivity index (χ1v) is 14.8. The van der Waals surface area contributed by atoms with Crippen molar-refractivity contribution in [2.45, 2.75) is 18.4 Å². The first-order chi connectivity index (χ1) is 19.4. The van der Waals surface area contributed by atoms with Crippen LogP contribution in [0.25, 0.3) is 21.7 Å². The van der Waals surface area contributed by atoms with Crippen molar-refractivity contribution >= 4 is 37.6 Å². The Morgan fingerprint density at radius 2 is 1.55 bits per heavy atom. The van der Waals surface area contributed by atoms with Crippen molar-refractivity contribution in [3.63, 3.8) is 0 Å². The lowest BCUT2D eigenvalue weighted by atomic mass is 9.95. The fraction of sp³-hybridized carbons (Fsp3) is 0.219. The van der Waals surface area contributed by atoms with Crippen molar-refractivity contribution in [3.05, 3.63) is 108 Å². The molecule has 1 aromatic heterocycles. The summed E-state index contributed by atoms with van der Waals surface area (Å²) in [6.07, 6.45) is 1.71. The van der Waals surface area contributed by atoms with E-state index in [1.807, 2.05) is 66.1 Å². The molecule has 0 amide bonds. The van der Waals surface area contributed by atoms with E-state index in [4.69, 9.17) is 8.92 Å². The van der Waals surface area contributed by atoms with Crippen LogP contribution in [0.4, 0.5) is 0 Å². The second-order valence-corrected chi connectivity index (χ2v) is 11.6. The third kappa shape index (κ3) is 5.13. The van der Waals surface area contributed by atoms with Gasteiger partial charge in [-0.2, -0.15) is 8.42 Å². The van der Waals surface area contributed by atoms with E-state index in [-0.39, 0.29) is 16.4 Å². The molecule has 1 fully saturated rings. The molecule has 0 N–H and O–H groups in total. The predicted octanol–water partition coefficient (Wildman–Crippen LogP) is 5.43. The normalized spacial score (nSPS) is 14.5. The third-order valence-electron chi connectivity index (χ3n) is 7.42. The summed E-state index contributed by atoms with van der Waals surface area (Å²) in [4.78, 5) is 16.4. The molecule has 1 saturated heterocycles. The van der Waals surface area contributed by atoms with Crippen LogP contribution in [-0.4, -0.2) is 56.5 Å². The molecule has 2 heterocycles. The zero-order chi connectivity index (χ0) is 27.7. The largest absolute Gasteiger partial charge is 0.379 e.